The van der Waals surface area contributed by atoms with Crippen LogP contribution in [0.3, 0.4) is 0 Å². The van der Waals surface area contributed by atoms with Gasteiger partial charge < -0.3 is 5.32 Å². The predicted molar refractivity (Wildman–Crippen MR) is 70.9 cm³/mol. The molecule has 1 unspecified atom stereocenters. The highest BCUT2D eigenvalue weighted by Gasteiger charge is 2.06. The molecule has 1 rings (SSSR count). The third-order valence-electron chi connectivity index (χ3n) is 2.68. The second-order valence-electron chi connectivity index (χ2n) is 4.05. The maximum atomic E-state index is 11.7. The smallest absolute Gasteiger partial charge is 0.251 e. The molecule has 0 saturated carbocycles. The van der Waals surface area contributed by atoms with Gasteiger partial charge in [-0.3, -0.25) is 4.79 Å². The normalized spacial score (nSPS) is 12.2. The molecule has 1 aromatic carbocycles. The molecule has 1 N–H and O–H groups in total. The molecule has 1 atom stereocenters. The van der Waals surface area contributed by atoms with E-state index in [0.717, 1.165) is 23.9 Å². The second kappa shape index (κ2) is 6.69. The molecule has 1 aromatic rings. The third kappa shape index (κ3) is 3.97. The Morgan fingerprint density at radius 2 is 2.00 bits per heavy atom. The van der Waals surface area contributed by atoms with E-state index in [9.17, 15) is 4.79 Å². The van der Waals surface area contributed by atoms with E-state index < -0.39 is 0 Å². The first-order valence-corrected chi connectivity index (χ1v) is 6.72. The summed E-state index contributed by atoms with van der Waals surface area (Å²) < 4.78 is 0. The van der Waals surface area contributed by atoms with Gasteiger partial charge in [-0.15, -0.1) is 0 Å². The minimum absolute atomic E-state index is 0.0152. The van der Waals surface area contributed by atoms with Crippen LogP contribution in [0.1, 0.15) is 36.2 Å². The minimum Gasteiger partial charge on any atom is -0.352 e. The van der Waals surface area contributed by atoms with Gasteiger partial charge in [0, 0.05) is 17.4 Å². The van der Waals surface area contributed by atoms with Gasteiger partial charge in [0.25, 0.3) is 5.91 Å². The standard InChI is InChI=1S/C13H18BrNO/c1-3-10(2)9-15-13(16)12-6-4-11(8-14)5-7-12/h4-7,10H,3,8-9H2,1-2H3,(H,15,16). The van der Waals surface area contributed by atoms with Gasteiger partial charge in [0.1, 0.15) is 0 Å². The summed E-state index contributed by atoms with van der Waals surface area (Å²) in [5.41, 5.74) is 1.91. The molecule has 1 amide bonds. The number of amides is 1. The van der Waals surface area contributed by atoms with Crippen molar-refractivity contribution in [3.05, 3.63) is 35.4 Å². The fourth-order valence-corrected chi connectivity index (χ4v) is 1.63. The number of carbonyl (C=O) groups is 1. The van der Waals surface area contributed by atoms with Gasteiger partial charge in [-0.25, -0.2) is 0 Å². The number of benzene rings is 1. The molecule has 0 aliphatic rings. The molecule has 0 aliphatic heterocycles. The molecule has 16 heavy (non-hydrogen) atoms. The second-order valence-corrected chi connectivity index (χ2v) is 4.61. The fraction of sp³-hybridized carbons (Fsp3) is 0.462. The van der Waals surface area contributed by atoms with E-state index in [1.54, 1.807) is 0 Å². The van der Waals surface area contributed by atoms with Crippen molar-refractivity contribution in [3.8, 4) is 0 Å². The zero-order valence-electron chi connectivity index (χ0n) is 9.79. The monoisotopic (exact) mass is 283 g/mol. The zero-order valence-corrected chi connectivity index (χ0v) is 11.4. The SMILES string of the molecule is CCC(C)CNC(=O)c1ccc(CBr)cc1. The Kier molecular flexibility index (Phi) is 5.53. The van der Waals surface area contributed by atoms with Gasteiger partial charge in [0.05, 0.1) is 0 Å². The van der Waals surface area contributed by atoms with Crippen LogP contribution >= 0.6 is 15.9 Å². The first-order valence-electron chi connectivity index (χ1n) is 5.60. The van der Waals surface area contributed by atoms with Gasteiger partial charge in [0.15, 0.2) is 0 Å². The van der Waals surface area contributed by atoms with Crippen LogP contribution in [-0.2, 0) is 5.33 Å². The molecule has 0 fully saturated rings. The van der Waals surface area contributed by atoms with Crippen molar-refractivity contribution < 1.29 is 4.79 Å². The molecule has 0 aliphatic carbocycles. The highest BCUT2D eigenvalue weighted by Crippen LogP contribution is 2.08. The first kappa shape index (κ1) is 13.2. The van der Waals surface area contributed by atoms with Crippen molar-refractivity contribution in [1.29, 1.82) is 0 Å². The van der Waals surface area contributed by atoms with E-state index in [0.29, 0.717) is 5.92 Å². The molecule has 0 spiro atoms. The van der Waals surface area contributed by atoms with E-state index in [1.807, 2.05) is 24.3 Å². The van der Waals surface area contributed by atoms with Crippen molar-refractivity contribution in [2.45, 2.75) is 25.6 Å². The van der Waals surface area contributed by atoms with Gasteiger partial charge in [-0.1, -0.05) is 48.3 Å². The molecule has 0 bridgehead atoms. The van der Waals surface area contributed by atoms with Crippen LogP contribution in [-0.4, -0.2) is 12.5 Å². The molecular weight excluding hydrogens is 266 g/mol. The fourth-order valence-electron chi connectivity index (χ4n) is 1.26. The maximum Gasteiger partial charge on any atom is 0.251 e. The van der Waals surface area contributed by atoms with Crippen LogP contribution in [0.4, 0.5) is 0 Å². The summed E-state index contributed by atoms with van der Waals surface area (Å²) in [5, 5.41) is 3.76. The molecule has 88 valence electrons. The number of hydrogen-bond acceptors (Lipinski definition) is 1. The average Bonchev–Trinajstić information content (AvgIpc) is 2.35. The number of nitrogens with one attached hydrogen (secondary N) is 1. The number of halogens is 1. The molecule has 0 radical (unpaired) electrons. The van der Waals surface area contributed by atoms with Crippen molar-refractivity contribution in [2.24, 2.45) is 5.92 Å². The summed E-state index contributed by atoms with van der Waals surface area (Å²) in [5.74, 6) is 0.548. The van der Waals surface area contributed by atoms with Crippen LogP contribution in [0.2, 0.25) is 0 Å². The van der Waals surface area contributed by atoms with E-state index in [1.165, 1.54) is 5.56 Å². The molecule has 0 saturated heterocycles. The Bertz CT molecular complexity index is 334. The molecule has 0 aromatic heterocycles. The van der Waals surface area contributed by atoms with Crippen molar-refractivity contribution in [3.63, 3.8) is 0 Å². The number of hydrogen-bond donors (Lipinski definition) is 1. The lowest BCUT2D eigenvalue weighted by atomic mass is 10.1. The quantitative estimate of drug-likeness (QED) is 0.825. The lowest BCUT2D eigenvalue weighted by molar-refractivity contribution is 0.0948. The Morgan fingerprint density at radius 3 is 2.50 bits per heavy atom. The minimum atomic E-state index is 0.0152. The lowest BCUT2D eigenvalue weighted by Gasteiger charge is -2.10. The number of carbonyl (C=O) groups excluding carboxylic acids is 1. The highest BCUT2D eigenvalue weighted by molar-refractivity contribution is 9.08. The lowest BCUT2D eigenvalue weighted by Crippen LogP contribution is -2.27. The predicted octanol–water partition coefficient (Wildman–Crippen LogP) is 3.36. The summed E-state index contributed by atoms with van der Waals surface area (Å²) >= 11 is 3.38. The Morgan fingerprint density at radius 1 is 1.38 bits per heavy atom. The average molecular weight is 284 g/mol. The van der Waals surface area contributed by atoms with Crippen LogP contribution in [0.15, 0.2) is 24.3 Å². The largest absolute Gasteiger partial charge is 0.352 e. The molecule has 0 heterocycles. The van der Waals surface area contributed by atoms with Crippen molar-refractivity contribution in [2.75, 3.05) is 6.54 Å². The molecular formula is C13H18BrNO. The topological polar surface area (TPSA) is 29.1 Å². The summed E-state index contributed by atoms with van der Waals surface area (Å²) in [6.45, 7) is 5.01. The van der Waals surface area contributed by atoms with Crippen molar-refractivity contribution in [1.82, 2.24) is 5.32 Å². The van der Waals surface area contributed by atoms with Crippen LogP contribution in [0, 0.1) is 5.92 Å². The van der Waals surface area contributed by atoms with Gasteiger partial charge >= 0.3 is 0 Å². The van der Waals surface area contributed by atoms with E-state index in [4.69, 9.17) is 0 Å². The molecule has 2 nitrogen and oxygen atoms in total. The van der Waals surface area contributed by atoms with Crippen molar-refractivity contribution >= 4 is 21.8 Å². The molecule has 3 heteroatoms. The Labute approximate surface area is 106 Å². The number of rotatable bonds is 5. The summed E-state index contributed by atoms with van der Waals surface area (Å²) in [6, 6.07) is 7.66. The summed E-state index contributed by atoms with van der Waals surface area (Å²) in [6.07, 6.45) is 1.09. The van der Waals surface area contributed by atoms with E-state index in [2.05, 4.69) is 35.1 Å². The van der Waals surface area contributed by atoms with Gasteiger partial charge in [0.2, 0.25) is 0 Å². The summed E-state index contributed by atoms with van der Waals surface area (Å²) in [7, 11) is 0. The van der Waals surface area contributed by atoms with Crippen LogP contribution in [0.25, 0.3) is 0 Å². The van der Waals surface area contributed by atoms with Crippen LogP contribution in [0.5, 0.6) is 0 Å². The first-order chi connectivity index (χ1) is 7.67. The maximum absolute atomic E-state index is 11.7. The Balaban J connectivity index is 2.52. The van der Waals surface area contributed by atoms with E-state index in [-0.39, 0.29) is 5.91 Å². The van der Waals surface area contributed by atoms with Gasteiger partial charge in [-0.05, 0) is 23.6 Å². The zero-order chi connectivity index (χ0) is 12.0. The number of alkyl halides is 1. The third-order valence-corrected chi connectivity index (χ3v) is 3.33. The van der Waals surface area contributed by atoms with Gasteiger partial charge in [-0.2, -0.15) is 0 Å². The van der Waals surface area contributed by atoms with Crippen LogP contribution < -0.4 is 5.32 Å². The summed E-state index contributed by atoms with van der Waals surface area (Å²) in [4.78, 5) is 11.7. The Hall–Kier alpha value is -0.830. The highest BCUT2D eigenvalue weighted by atomic mass is 79.9. The van der Waals surface area contributed by atoms with E-state index >= 15 is 0 Å².